The third-order valence-corrected chi connectivity index (χ3v) is 4.15. The summed E-state index contributed by atoms with van der Waals surface area (Å²) >= 11 is 0. The summed E-state index contributed by atoms with van der Waals surface area (Å²) in [7, 11) is 0. The molecule has 21 heavy (non-hydrogen) atoms. The lowest BCUT2D eigenvalue weighted by Crippen LogP contribution is -2.23. The highest BCUT2D eigenvalue weighted by Gasteiger charge is 2.28. The quantitative estimate of drug-likeness (QED) is 0.877. The fourth-order valence-electron chi connectivity index (χ4n) is 2.95. The van der Waals surface area contributed by atoms with Crippen LogP contribution >= 0.6 is 0 Å². The summed E-state index contributed by atoms with van der Waals surface area (Å²) in [5.74, 6) is 1.07. The van der Waals surface area contributed by atoms with Crippen LogP contribution in [0.15, 0.2) is 36.7 Å². The van der Waals surface area contributed by atoms with Crippen LogP contribution in [0.4, 0.5) is 0 Å². The second-order valence-corrected chi connectivity index (χ2v) is 5.50. The number of esters is 1. The average molecular weight is 285 g/mol. The minimum absolute atomic E-state index is 0.0212. The van der Waals surface area contributed by atoms with Gasteiger partial charge < -0.3 is 4.74 Å². The molecule has 0 spiro atoms. The summed E-state index contributed by atoms with van der Waals surface area (Å²) < 4.78 is 5.29. The lowest BCUT2D eigenvalue weighted by molar-refractivity contribution is -0.151. The van der Waals surface area contributed by atoms with Crippen LogP contribution in [0.25, 0.3) is 0 Å². The van der Waals surface area contributed by atoms with E-state index < -0.39 is 0 Å². The zero-order chi connectivity index (χ0) is 14.5. The number of ether oxygens (including phenoxy) is 1. The summed E-state index contributed by atoms with van der Waals surface area (Å²) in [6, 6.07) is 10.5. The minimum atomic E-state index is -0.113. The second-order valence-electron chi connectivity index (χ2n) is 5.50. The third kappa shape index (κ3) is 3.48. The van der Waals surface area contributed by atoms with Crippen molar-refractivity contribution >= 4 is 5.97 Å². The summed E-state index contributed by atoms with van der Waals surface area (Å²) in [6.45, 7) is 0.178. The Morgan fingerprint density at radius 1 is 1.19 bits per heavy atom. The zero-order valence-electron chi connectivity index (χ0n) is 11.9. The lowest BCUT2D eigenvalue weighted by atomic mass is 9.79. The summed E-state index contributed by atoms with van der Waals surface area (Å²) in [5.41, 5.74) is 1.38. The summed E-state index contributed by atoms with van der Waals surface area (Å²) in [4.78, 5) is 16.0. The Morgan fingerprint density at radius 3 is 2.62 bits per heavy atom. The van der Waals surface area contributed by atoms with Crippen LogP contribution in [0.5, 0.6) is 0 Å². The molecule has 1 aromatic heterocycles. The minimum Gasteiger partial charge on any atom is -0.457 e. The topological polar surface area (TPSA) is 67.9 Å². The molecule has 1 heterocycles. The molecule has 0 unspecified atom stereocenters. The van der Waals surface area contributed by atoms with Crippen LogP contribution in [-0.4, -0.2) is 21.2 Å². The maximum atomic E-state index is 12.1. The van der Waals surface area contributed by atoms with Crippen LogP contribution < -0.4 is 0 Å². The van der Waals surface area contributed by atoms with E-state index in [-0.39, 0.29) is 18.5 Å². The highest BCUT2D eigenvalue weighted by Crippen LogP contribution is 2.36. The van der Waals surface area contributed by atoms with E-state index in [4.69, 9.17) is 4.74 Å². The van der Waals surface area contributed by atoms with Gasteiger partial charge in [0, 0.05) is 0 Å². The first-order valence-electron chi connectivity index (χ1n) is 7.39. The van der Waals surface area contributed by atoms with E-state index in [2.05, 4.69) is 39.4 Å². The molecule has 1 N–H and O–H groups in total. The van der Waals surface area contributed by atoms with Gasteiger partial charge in [-0.25, -0.2) is 4.98 Å². The molecular weight excluding hydrogens is 266 g/mol. The smallest absolute Gasteiger partial charge is 0.309 e. The first kappa shape index (κ1) is 13.8. The van der Waals surface area contributed by atoms with Gasteiger partial charge in [0.15, 0.2) is 12.4 Å². The lowest BCUT2D eigenvalue weighted by Gasteiger charge is -2.27. The van der Waals surface area contributed by atoms with E-state index in [1.165, 1.54) is 11.9 Å². The van der Waals surface area contributed by atoms with Crippen molar-refractivity contribution in [2.24, 2.45) is 5.92 Å². The van der Waals surface area contributed by atoms with E-state index in [9.17, 15) is 4.79 Å². The number of aromatic amines is 1. The van der Waals surface area contributed by atoms with E-state index in [0.717, 1.165) is 25.7 Å². The average Bonchev–Trinajstić information content (AvgIpc) is 3.07. The number of aromatic nitrogens is 3. The van der Waals surface area contributed by atoms with E-state index >= 15 is 0 Å². The number of benzene rings is 1. The number of nitrogens with zero attached hydrogens (tertiary/aromatic N) is 2. The molecule has 2 aromatic rings. The number of hydrogen-bond acceptors (Lipinski definition) is 4. The van der Waals surface area contributed by atoms with Crippen molar-refractivity contribution in [2.75, 3.05) is 0 Å². The van der Waals surface area contributed by atoms with E-state index in [1.54, 1.807) is 0 Å². The zero-order valence-corrected chi connectivity index (χ0v) is 11.9. The molecule has 3 rings (SSSR count). The Hall–Kier alpha value is -2.17. The Kier molecular flexibility index (Phi) is 4.28. The Labute approximate surface area is 123 Å². The Bertz CT molecular complexity index is 560. The van der Waals surface area contributed by atoms with Gasteiger partial charge in [0.05, 0.1) is 5.92 Å². The van der Waals surface area contributed by atoms with Gasteiger partial charge in [-0.05, 0) is 37.2 Å². The first-order chi connectivity index (χ1) is 10.3. The van der Waals surface area contributed by atoms with Gasteiger partial charge in [-0.2, -0.15) is 5.10 Å². The Morgan fingerprint density at radius 2 is 1.95 bits per heavy atom. The molecule has 1 fully saturated rings. The number of hydrogen-bond donors (Lipinski definition) is 1. The van der Waals surface area contributed by atoms with Crippen molar-refractivity contribution in [2.45, 2.75) is 38.2 Å². The van der Waals surface area contributed by atoms with Crippen molar-refractivity contribution in [3.63, 3.8) is 0 Å². The molecule has 5 heteroatoms. The van der Waals surface area contributed by atoms with Gasteiger partial charge in [-0.15, -0.1) is 0 Å². The fraction of sp³-hybridized carbons (Fsp3) is 0.438. The first-order valence-corrected chi connectivity index (χ1v) is 7.39. The van der Waals surface area contributed by atoms with E-state index in [1.807, 2.05) is 6.07 Å². The SMILES string of the molecule is O=C(OCc1ncn[nH]1)C1CCC(c2ccccc2)CC1. The standard InChI is InChI=1S/C16H19N3O2/c20-16(21-10-15-17-11-18-19-15)14-8-6-13(7-9-14)12-4-2-1-3-5-12/h1-5,11,13-14H,6-10H2,(H,17,18,19). The highest BCUT2D eigenvalue weighted by atomic mass is 16.5. The second kappa shape index (κ2) is 6.52. The van der Waals surface area contributed by atoms with Crippen LogP contribution in [0.3, 0.4) is 0 Å². The molecular formula is C16H19N3O2. The fourth-order valence-corrected chi connectivity index (χ4v) is 2.95. The van der Waals surface area contributed by atoms with Crippen molar-refractivity contribution in [3.8, 4) is 0 Å². The number of rotatable bonds is 4. The molecule has 0 bridgehead atoms. The number of H-pyrrole nitrogens is 1. The van der Waals surface area contributed by atoms with Gasteiger partial charge in [0.1, 0.15) is 6.33 Å². The molecule has 0 aliphatic heterocycles. The predicted octanol–water partition coefficient (Wildman–Crippen LogP) is 2.82. The van der Waals surface area contributed by atoms with Crippen molar-refractivity contribution in [1.29, 1.82) is 0 Å². The number of nitrogens with one attached hydrogen (secondary N) is 1. The van der Waals surface area contributed by atoms with Crippen LogP contribution in [0.1, 0.15) is 43.0 Å². The molecule has 0 amide bonds. The monoisotopic (exact) mass is 285 g/mol. The number of carbonyl (C=O) groups is 1. The molecule has 5 nitrogen and oxygen atoms in total. The van der Waals surface area contributed by atoms with E-state index in [0.29, 0.717) is 11.7 Å². The Balaban J connectivity index is 1.48. The van der Waals surface area contributed by atoms with Gasteiger partial charge in [0.25, 0.3) is 0 Å². The van der Waals surface area contributed by atoms with Gasteiger partial charge in [0.2, 0.25) is 0 Å². The molecule has 1 aliphatic carbocycles. The number of carbonyl (C=O) groups excluding carboxylic acids is 1. The van der Waals surface area contributed by atoms with Crippen molar-refractivity contribution in [3.05, 3.63) is 48.0 Å². The normalized spacial score (nSPS) is 21.9. The molecule has 0 saturated heterocycles. The maximum absolute atomic E-state index is 12.1. The van der Waals surface area contributed by atoms with Gasteiger partial charge in [-0.1, -0.05) is 30.3 Å². The van der Waals surface area contributed by atoms with Gasteiger partial charge >= 0.3 is 5.97 Å². The largest absolute Gasteiger partial charge is 0.457 e. The molecule has 1 saturated carbocycles. The van der Waals surface area contributed by atoms with Crippen LogP contribution in [0.2, 0.25) is 0 Å². The van der Waals surface area contributed by atoms with Gasteiger partial charge in [-0.3, -0.25) is 9.89 Å². The maximum Gasteiger partial charge on any atom is 0.309 e. The molecule has 0 radical (unpaired) electrons. The molecule has 110 valence electrons. The third-order valence-electron chi connectivity index (χ3n) is 4.15. The molecule has 1 aliphatic rings. The van der Waals surface area contributed by atoms with Crippen LogP contribution in [-0.2, 0) is 16.1 Å². The highest BCUT2D eigenvalue weighted by molar-refractivity contribution is 5.72. The summed E-state index contributed by atoms with van der Waals surface area (Å²) in [6.07, 6.45) is 5.30. The van der Waals surface area contributed by atoms with Crippen molar-refractivity contribution < 1.29 is 9.53 Å². The predicted molar refractivity (Wildman–Crippen MR) is 77.3 cm³/mol. The molecule has 0 atom stereocenters. The van der Waals surface area contributed by atoms with Crippen molar-refractivity contribution in [1.82, 2.24) is 15.2 Å². The van der Waals surface area contributed by atoms with Crippen LogP contribution in [0, 0.1) is 5.92 Å². The summed E-state index contributed by atoms with van der Waals surface area (Å²) in [5, 5.41) is 6.41. The molecule has 1 aromatic carbocycles.